The van der Waals surface area contributed by atoms with Crippen LogP contribution in [0.3, 0.4) is 0 Å². The van der Waals surface area contributed by atoms with Crippen molar-refractivity contribution in [2.75, 3.05) is 10.6 Å². The maximum absolute atomic E-state index is 13.3. The van der Waals surface area contributed by atoms with Crippen molar-refractivity contribution in [3.05, 3.63) is 41.1 Å². The van der Waals surface area contributed by atoms with Crippen LogP contribution in [0.2, 0.25) is 24.7 Å². The number of hydrogen-bond donors (Lipinski definition) is 3. The first-order valence-electron chi connectivity index (χ1n) is 11.0. The summed E-state index contributed by atoms with van der Waals surface area (Å²) in [5.74, 6) is 0.649. The number of hydrogen-bond acceptors (Lipinski definition) is 3. The maximum Gasteiger partial charge on any atom is 0.322 e. The van der Waals surface area contributed by atoms with E-state index in [-0.39, 0.29) is 17.0 Å². The van der Waals surface area contributed by atoms with Crippen LogP contribution >= 0.6 is 0 Å². The average Bonchev–Trinajstić information content (AvgIpc) is 3.11. The number of amides is 3. The minimum Gasteiger partial charge on any atom is -0.309 e. The Hall–Kier alpha value is -2.61. The standard InChI is InChI=1S/C23H33N5O2Si/c1-15-9-7-10-16(13-15)24-21(30)28-14-17-18(22(28,2)3)26-27-19(17)25-20(29)23(11-8-12-23)31(4,5)6/h7,9-10,13H,8,11-12,14H2,1-6H3,(H,24,30)(H2,25,26,27,29). The number of carbonyl (C=O) groups is 2. The van der Waals surface area contributed by atoms with E-state index in [1.807, 2.05) is 45.0 Å². The second-order valence-electron chi connectivity index (χ2n) is 10.5. The molecule has 1 saturated carbocycles. The largest absolute Gasteiger partial charge is 0.322 e. The zero-order valence-corrected chi connectivity index (χ0v) is 20.3. The highest BCUT2D eigenvalue weighted by Gasteiger charge is 2.54. The lowest BCUT2D eigenvalue weighted by Gasteiger charge is -2.48. The Labute approximate surface area is 185 Å². The molecule has 31 heavy (non-hydrogen) atoms. The summed E-state index contributed by atoms with van der Waals surface area (Å²) in [5, 5.41) is 13.4. The number of urea groups is 1. The highest BCUT2D eigenvalue weighted by atomic mass is 28.3. The van der Waals surface area contributed by atoms with E-state index in [0.717, 1.165) is 41.8 Å². The molecule has 2 aromatic rings. The molecule has 2 aliphatic rings. The van der Waals surface area contributed by atoms with Crippen LogP contribution in [0.1, 0.15) is 49.9 Å². The van der Waals surface area contributed by atoms with Crippen molar-refractivity contribution in [2.45, 2.75) is 76.8 Å². The number of carbonyl (C=O) groups excluding carboxylic acids is 2. The van der Waals surface area contributed by atoms with Gasteiger partial charge in [-0.1, -0.05) is 38.2 Å². The van der Waals surface area contributed by atoms with Crippen molar-refractivity contribution >= 4 is 31.5 Å². The van der Waals surface area contributed by atoms with Crippen LogP contribution in [-0.4, -0.2) is 35.1 Å². The van der Waals surface area contributed by atoms with Gasteiger partial charge in [-0.25, -0.2) is 4.79 Å². The zero-order valence-electron chi connectivity index (χ0n) is 19.3. The Morgan fingerprint density at radius 1 is 1.16 bits per heavy atom. The molecule has 166 valence electrons. The normalized spacial score (nSPS) is 18.8. The number of aromatic nitrogens is 2. The summed E-state index contributed by atoms with van der Waals surface area (Å²) in [7, 11) is -1.68. The molecule has 0 atom stereocenters. The molecule has 1 aromatic carbocycles. The van der Waals surface area contributed by atoms with Crippen molar-refractivity contribution in [3.63, 3.8) is 0 Å². The zero-order chi connectivity index (χ0) is 22.6. The van der Waals surface area contributed by atoms with Crippen molar-refractivity contribution in [1.29, 1.82) is 0 Å². The highest BCUT2D eigenvalue weighted by Crippen LogP contribution is 2.56. The van der Waals surface area contributed by atoms with Gasteiger partial charge in [0.05, 0.1) is 25.9 Å². The topological polar surface area (TPSA) is 90.1 Å². The molecular weight excluding hydrogens is 406 g/mol. The summed E-state index contributed by atoms with van der Waals surface area (Å²) >= 11 is 0. The third-order valence-corrected chi connectivity index (χ3v) is 10.9. The fourth-order valence-electron chi connectivity index (χ4n) is 4.93. The maximum atomic E-state index is 13.3. The van der Waals surface area contributed by atoms with Gasteiger partial charge in [0.15, 0.2) is 5.82 Å². The van der Waals surface area contributed by atoms with Crippen LogP contribution in [0.4, 0.5) is 16.3 Å². The van der Waals surface area contributed by atoms with Crippen LogP contribution in [0.25, 0.3) is 0 Å². The van der Waals surface area contributed by atoms with Crippen molar-refractivity contribution in [2.24, 2.45) is 0 Å². The molecule has 7 nitrogen and oxygen atoms in total. The SMILES string of the molecule is Cc1cccc(NC(=O)N2Cc3c(NC(=O)C4([Si](C)(C)C)CCC4)n[nH]c3C2(C)C)c1. The third kappa shape index (κ3) is 3.46. The molecule has 8 heteroatoms. The third-order valence-electron chi connectivity index (χ3n) is 7.29. The van der Waals surface area contributed by atoms with Gasteiger partial charge in [-0.15, -0.1) is 0 Å². The van der Waals surface area contributed by atoms with E-state index in [1.54, 1.807) is 4.90 Å². The molecule has 4 rings (SSSR count). The lowest BCUT2D eigenvalue weighted by molar-refractivity contribution is -0.121. The number of anilines is 2. The van der Waals surface area contributed by atoms with Gasteiger partial charge in [0.2, 0.25) is 5.91 Å². The number of rotatable bonds is 4. The lowest BCUT2D eigenvalue weighted by atomic mass is 9.83. The van der Waals surface area contributed by atoms with Crippen LogP contribution in [0.5, 0.6) is 0 Å². The molecule has 0 unspecified atom stereocenters. The van der Waals surface area contributed by atoms with Gasteiger partial charge < -0.3 is 15.5 Å². The van der Waals surface area contributed by atoms with Gasteiger partial charge in [-0.3, -0.25) is 9.89 Å². The van der Waals surface area contributed by atoms with Crippen LogP contribution in [-0.2, 0) is 16.9 Å². The number of nitrogens with one attached hydrogen (secondary N) is 3. The molecule has 1 aliphatic carbocycles. The highest BCUT2D eigenvalue weighted by molar-refractivity contribution is 6.83. The fraction of sp³-hybridized carbons (Fsp3) is 0.522. The summed E-state index contributed by atoms with van der Waals surface area (Å²) in [6.45, 7) is 13.2. The van der Waals surface area contributed by atoms with Gasteiger partial charge in [0.1, 0.15) is 0 Å². The molecule has 0 bridgehead atoms. The van der Waals surface area contributed by atoms with Gasteiger partial charge >= 0.3 is 6.03 Å². The van der Waals surface area contributed by atoms with Gasteiger partial charge in [-0.2, -0.15) is 5.10 Å². The summed E-state index contributed by atoms with van der Waals surface area (Å²) in [6.07, 6.45) is 3.02. The lowest BCUT2D eigenvalue weighted by Crippen LogP contribution is -2.52. The quantitative estimate of drug-likeness (QED) is 0.572. The van der Waals surface area contributed by atoms with E-state index in [2.05, 4.69) is 40.5 Å². The van der Waals surface area contributed by atoms with Gasteiger partial charge in [0.25, 0.3) is 0 Å². The predicted molar refractivity (Wildman–Crippen MR) is 126 cm³/mol. The van der Waals surface area contributed by atoms with Gasteiger partial charge in [0, 0.05) is 16.3 Å². The number of nitrogens with zero attached hydrogens (tertiary/aromatic N) is 2. The predicted octanol–water partition coefficient (Wildman–Crippen LogP) is 5.20. The first kappa shape index (κ1) is 21.6. The van der Waals surface area contributed by atoms with E-state index in [9.17, 15) is 9.59 Å². The number of aryl methyl sites for hydroxylation is 1. The Bertz CT molecular complexity index is 1030. The number of benzene rings is 1. The molecule has 2 heterocycles. The molecule has 0 spiro atoms. The van der Waals surface area contributed by atoms with Crippen LogP contribution in [0.15, 0.2) is 24.3 Å². The number of H-pyrrole nitrogens is 1. The number of aromatic amines is 1. The molecule has 3 amide bonds. The minimum absolute atomic E-state index is 0.0904. The molecule has 0 saturated heterocycles. The van der Waals surface area contributed by atoms with Crippen molar-refractivity contribution in [3.8, 4) is 0 Å². The Kier molecular flexibility index (Phi) is 5.03. The summed E-state index contributed by atoms with van der Waals surface area (Å²) in [6, 6.07) is 7.58. The Morgan fingerprint density at radius 3 is 2.45 bits per heavy atom. The molecule has 0 radical (unpaired) electrons. The monoisotopic (exact) mass is 439 g/mol. The summed E-state index contributed by atoms with van der Waals surface area (Å²) < 4.78 is 0. The van der Waals surface area contributed by atoms with E-state index in [0.29, 0.717) is 12.4 Å². The van der Waals surface area contributed by atoms with Crippen molar-refractivity contribution < 1.29 is 9.59 Å². The average molecular weight is 440 g/mol. The smallest absolute Gasteiger partial charge is 0.309 e. The number of fused-ring (bicyclic) bond motifs is 1. The first-order valence-corrected chi connectivity index (χ1v) is 14.5. The second-order valence-corrected chi connectivity index (χ2v) is 16.0. The Balaban J connectivity index is 1.54. The van der Waals surface area contributed by atoms with E-state index >= 15 is 0 Å². The Morgan fingerprint density at radius 2 is 1.87 bits per heavy atom. The van der Waals surface area contributed by atoms with Gasteiger partial charge in [-0.05, 0) is 51.3 Å². The molecule has 1 fully saturated rings. The van der Waals surface area contributed by atoms with Crippen LogP contribution < -0.4 is 10.6 Å². The van der Waals surface area contributed by atoms with E-state index in [1.165, 1.54) is 0 Å². The second kappa shape index (κ2) is 7.22. The van der Waals surface area contributed by atoms with E-state index < -0.39 is 13.6 Å². The van der Waals surface area contributed by atoms with Crippen molar-refractivity contribution in [1.82, 2.24) is 15.1 Å². The van der Waals surface area contributed by atoms with E-state index in [4.69, 9.17) is 0 Å². The molecular formula is C23H33N5O2Si. The molecule has 1 aliphatic heterocycles. The molecule has 3 N–H and O–H groups in total. The molecule has 1 aromatic heterocycles. The van der Waals surface area contributed by atoms with Crippen LogP contribution in [0, 0.1) is 6.92 Å². The summed E-state index contributed by atoms with van der Waals surface area (Å²) in [4.78, 5) is 28.2. The minimum atomic E-state index is -1.68. The fourth-order valence-corrected chi connectivity index (χ4v) is 7.53. The summed E-state index contributed by atoms with van der Waals surface area (Å²) in [5.41, 5.74) is 3.06. The first-order chi connectivity index (χ1) is 14.5.